The van der Waals surface area contributed by atoms with Crippen LogP contribution in [0, 0.1) is 0 Å². The molecule has 0 aliphatic carbocycles. The van der Waals surface area contributed by atoms with Crippen molar-refractivity contribution in [3.05, 3.63) is 48.0 Å². The molecular formula is C21H26N4O5S2. The number of rotatable bonds is 6. The molecule has 0 atom stereocenters. The minimum absolute atomic E-state index is 0.134. The van der Waals surface area contributed by atoms with Gasteiger partial charge in [0.2, 0.25) is 10.0 Å². The van der Waals surface area contributed by atoms with Crippen LogP contribution in [0.15, 0.2) is 42.5 Å². The highest BCUT2D eigenvalue weighted by Gasteiger charge is 2.25. The molecule has 3 rings (SSSR count). The van der Waals surface area contributed by atoms with Crippen LogP contribution >= 0.6 is 12.2 Å². The molecule has 11 heteroatoms. The summed E-state index contributed by atoms with van der Waals surface area (Å²) in [7, 11) is -0.198. The number of carbonyl (C=O) groups is 1. The number of carbonyl (C=O) groups excluding carboxylic acids is 1. The fourth-order valence-electron chi connectivity index (χ4n) is 3.43. The predicted octanol–water partition coefficient (Wildman–Crippen LogP) is 1.91. The average molecular weight is 479 g/mol. The summed E-state index contributed by atoms with van der Waals surface area (Å²) < 4.78 is 35.4. The van der Waals surface area contributed by atoms with Crippen LogP contribution in [0.1, 0.15) is 10.4 Å². The summed E-state index contributed by atoms with van der Waals surface area (Å²) in [4.78, 5) is 14.8. The third kappa shape index (κ3) is 5.67. The number of methoxy groups -OCH3 is 2. The van der Waals surface area contributed by atoms with Gasteiger partial charge in [-0.1, -0.05) is 12.1 Å². The zero-order chi connectivity index (χ0) is 23.3. The molecule has 1 fully saturated rings. The minimum atomic E-state index is -3.21. The number of sulfonamides is 1. The van der Waals surface area contributed by atoms with Gasteiger partial charge in [-0.05, 0) is 36.5 Å². The van der Waals surface area contributed by atoms with Gasteiger partial charge in [0.15, 0.2) is 5.11 Å². The fraction of sp³-hybridized carbons (Fsp3) is 0.333. The predicted molar refractivity (Wildman–Crippen MR) is 128 cm³/mol. The number of nitrogens with zero attached hydrogens (tertiary/aromatic N) is 2. The lowest BCUT2D eigenvalue weighted by Crippen LogP contribution is -2.48. The van der Waals surface area contributed by atoms with Gasteiger partial charge in [0.05, 0.1) is 37.4 Å². The van der Waals surface area contributed by atoms with Crippen LogP contribution in [0.25, 0.3) is 0 Å². The van der Waals surface area contributed by atoms with Gasteiger partial charge >= 0.3 is 0 Å². The van der Waals surface area contributed by atoms with E-state index in [0.717, 1.165) is 5.69 Å². The molecule has 9 nitrogen and oxygen atoms in total. The maximum Gasteiger partial charge on any atom is 0.261 e. The number of piperazine rings is 1. The molecule has 0 radical (unpaired) electrons. The number of thiocarbonyl (C=S) groups is 1. The summed E-state index contributed by atoms with van der Waals surface area (Å²) >= 11 is 5.35. The van der Waals surface area contributed by atoms with Crippen LogP contribution < -0.4 is 25.0 Å². The summed E-state index contributed by atoms with van der Waals surface area (Å²) in [6.07, 6.45) is 1.22. The molecule has 2 aromatic rings. The lowest BCUT2D eigenvalue weighted by atomic mass is 10.2. The van der Waals surface area contributed by atoms with Crippen molar-refractivity contribution < 1.29 is 22.7 Å². The van der Waals surface area contributed by atoms with Crippen molar-refractivity contribution in [2.45, 2.75) is 0 Å². The number of para-hydroxylation sites is 2. The molecule has 1 aliphatic heterocycles. The molecular weight excluding hydrogens is 452 g/mol. The van der Waals surface area contributed by atoms with Gasteiger partial charge in [-0.25, -0.2) is 8.42 Å². The number of amides is 1. The molecule has 0 bridgehead atoms. The molecule has 2 N–H and O–H groups in total. The zero-order valence-corrected chi connectivity index (χ0v) is 19.8. The normalized spacial score (nSPS) is 14.5. The van der Waals surface area contributed by atoms with Crippen molar-refractivity contribution in [2.24, 2.45) is 0 Å². The first kappa shape index (κ1) is 23.8. The number of hydrogen-bond acceptors (Lipinski definition) is 7. The Kier molecular flexibility index (Phi) is 7.54. The Morgan fingerprint density at radius 2 is 1.72 bits per heavy atom. The summed E-state index contributed by atoms with van der Waals surface area (Å²) in [6.45, 7) is 1.92. The fourth-order valence-corrected chi connectivity index (χ4v) is 4.46. The topological polar surface area (TPSA) is 100 Å². The maximum absolute atomic E-state index is 12.7. The highest BCUT2D eigenvalue weighted by molar-refractivity contribution is 7.88. The SMILES string of the molecule is COc1ccc(C(=O)NC(=S)Nc2ccccc2N2CCN(S(C)(=O)=O)CC2)c(OC)c1. The molecule has 0 unspecified atom stereocenters. The molecule has 1 amide bonds. The third-order valence-corrected chi connectivity index (χ3v) is 6.59. The van der Waals surface area contributed by atoms with Crippen molar-refractivity contribution in [3.8, 4) is 11.5 Å². The van der Waals surface area contributed by atoms with Crippen LogP contribution in [0.5, 0.6) is 11.5 Å². The molecule has 0 spiro atoms. The molecule has 1 heterocycles. The number of ether oxygens (including phenoxy) is 2. The molecule has 0 saturated carbocycles. The van der Waals surface area contributed by atoms with Gasteiger partial charge in [0.1, 0.15) is 11.5 Å². The largest absolute Gasteiger partial charge is 0.497 e. The summed E-state index contributed by atoms with van der Waals surface area (Å²) in [5.74, 6) is 0.527. The Morgan fingerprint density at radius 1 is 1.03 bits per heavy atom. The van der Waals surface area contributed by atoms with E-state index in [9.17, 15) is 13.2 Å². The monoisotopic (exact) mass is 478 g/mol. The lowest BCUT2D eigenvalue weighted by Gasteiger charge is -2.35. The van der Waals surface area contributed by atoms with Crippen LogP contribution in [0.2, 0.25) is 0 Å². The summed E-state index contributed by atoms with van der Waals surface area (Å²) in [6, 6.07) is 12.4. The van der Waals surface area contributed by atoms with Gasteiger partial charge in [0.25, 0.3) is 5.91 Å². The van der Waals surface area contributed by atoms with Crippen LogP contribution in [0.3, 0.4) is 0 Å². The average Bonchev–Trinajstić information content (AvgIpc) is 2.78. The van der Waals surface area contributed by atoms with Gasteiger partial charge in [-0.2, -0.15) is 4.31 Å². The Balaban J connectivity index is 1.68. The minimum Gasteiger partial charge on any atom is -0.497 e. The first-order valence-electron chi connectivity index (χ1n) is 9.86. The first-order valence-corrected chi connectivity index (χ1v) is 12.1. The van der Waals surface area contributed by atoms with E-state index in [1.54, 1.807) is 18.2 Å². The van der Waals surface area contributed by atoms with E-state index >= 15 is 0 Å². The van der Waals surface area contributed by atoms with Gasteiger partial charge in [-0.15, -0.1) is 0 Å². The zero-order valence-electron chi connectivity index (χ0n) is 18.1. The first-order chi connectivity index (χ1) is 15.2. The van der Waals surface area contributed by atoms with Crippen molar-refractivity contribution >= 4 is 44.6 Å². The van der Waals surface area contributed by atoms with Gasteiger partial charge < -0.3 is 19.7 Å². The standard InChI is InChI=1S/C21H26N4O5S2/c1-29-15-8-9-16(19(14-15)30-2)20(26)23-21(31)22-17-6-4-5-7-18(17)24-10-12-25(13-11-24)32(3,27)28/h4-9,14H,10-13H2,1-3H3,(H2,22,23,26,31). The number of benzene rings is 2. The van der Waals surface area contributed by atoms with Gasteiger partial charge in [-0.3, -0.25) is 10.1 Å². The van der Waals surface area contributed by atoms with Crippen molar-refractivity contribution in [1.29, 1.82) is 0 Å². The highest BCUT2D eigenvalue weighted by Crippen LogP contribution is 2.27. The lowest BCUT2D eigenvalue weighted by molar-refractivity contribution is 0.0974. The second kappa shape index (κ2) is 10.2. The van der Waals surface area contributed by atoms with E-state index in [0.29, 0.717) is 48.9 Å². The number of hydrogen-bond donors (Lipinski definition) is 2. The quantitative estimate of drug-likeness (QED) is 0.608. The van der Waals surface area contributed by atoms with E-state index in [1.165, 1.54) is 24.8 Å². The smallest absolute Gasteiger partial charge is 0.261 e. The Bertz CT molecular complexity index is 1100. The molecule has 172 valence electrons. The van der Waals surface area contributed by atoms with Crippen molar-refractivity contribution in [1.82, 2.24) is 9.62 Å². The number of nitrogens with one attached hydrogen (secondary N) is 2. The van der Waals surface area contributed by atoms with Crippen molar-refractivity contribution in [2.75, 3.05) is 56.9 Å². The maximum atomic E-state index is 12.7. The molecule has 2 aromatic carbocycles. The number of anilines is 2. The van der Waals surface area contributed by atoms with E-state index in [1.807, 2.05) is 24.3 Å². The van der Waals surface area contributed by atoms with E-state index in [-0.39, 0.29) is 5.11 Å². The van der Waals surface area contributed by atoms with Gasteiger partial charge in [0, 0.05) is 32.2 Å². The summed E-state index contributed by atoms with van der Waals surface area (Å²) in [5.41, 5.74) is 1.91. The van der Waals surface area contributed by atoms with Crippen LogP contribution in [0.4, 0.5) is 11.4 Å². The van der Waals surface area contributed by atoms with E-state index in [4.69, 9.17) is 21.7 Å². The second-order valence-corrected chi connectivity index (χ2v) is 9.53. The molecule has 1 aliphatic rings. The molecule has 1 saturated heterocycles. The Hall–Kier alpha value is -2.89. The summed E-state index contributed by atoms with van der Waals surface area (Å²) in [5, 5.41) is 5.87. The van der Waals surface area contributed by atoms with E-state index < -0.39 is 15.9 Å². The second-order valence-electron chi connectivity index (χ2n) is 7.14. The molecule has 32 heavy (non-hydrogen) atoms. The highest BCUT2D eigenvalue weighted by atomic mass is 32.2. The van der Waals surface area contributed by atoms with Crippen molar-refractivity contribution in [3.63, 3.8) is 0 Å². The van der Waals surface area contributed by atoms with Crippen LogP contribution in [-0.2, 0) is 10.0 Å². The Labute approximate surface area is 193 Å². The third-order valence-electron chi connectivity index (χ3n) is 5.08. The van der Waals surface area contributed by atoms with Crippen LogP contribution in [-0.4, -0.2) is 70.4 Å². The molecule has 0 aromatic heterocycles. The van der Waals surface area contributed by atoms with E-state index in [2.05, 4.69) is 15.5 Å². The Morgan fingerprint density at radius 3 is 2.34 bits per heavy atom.